The Morgan fingerprint density at radius 3 is 2.75 bits per heavy atom. The van der Waals surface area contributed by atoms with Gasteiger partial charge in [-0.2, -0.15) is 0 Å². The summed E-state index contributed by atoms with van der Waals surface area (Å²) in [5.41, 5.74) is -0.0166. The molecule has 0 amide bonds. The van der Waals surface area contributed by atoms with Crippen molar-refractivity contribution in [2.24, 2.45) is 0 Å². The van der Waals surface area contributed by atoms with Crippen LogP contribution in [0.1, 0.15) is 18.9 Å². The van der Waals surface area contributed by atoms with E-state index in [-0.39, 0.29) is 6.10 Å². The molecular weight excluding hydrogens is 204 g/mol. The molecule has 1 saturated heterocycles. The van der Waals surface area contributed by atoms with Gasteiger partial charge in [0.15, 0.2) is 0 Å². The maximum absolute atomic E-state index is 10.4. The summed E-state index contributed by atoms with van der Waals surface area (Å²) in [4.78, 5) is 0. The summed E-state index contributed by atoms with van der Waals surface area (Å²) in [6, 6.07) is 9.74. The highest BCUT2D eigenvalue weighted by Crippen LogP contribution is 2.28. The molecule has 0 bridgehead atoms. The van der Waals surface area contributed by atoms with Crippen LogP contribution in [0.25, 0.3) is 0 Å². The molecule has 3 heteroatoms. The van der Waals surface area contributed by atoms with E-state index in [1.54, 1.807) is 6.92 Å². The quantitative estimate of drug-likeness (QED) is 0.788. The summed E-state index contributed by atoms with van der Waals surface area (Å²) in [5, 5.41) is 20.4. The first-order valence-electron chi connectivity index (χ1n) is 5.68. The van der Waals surface area contributed by atoms with E-state index in [9.17, 15) is 10.2 Å². The summed E-state index contributed by atoms with van der Waals surface area (Å²) < 4.78 is 5.31. The predicted molar refractivity (Wildman–Crippen MR) is 61.1 cm³/mol. The smallest absolute Gasteiger partial charge is 0.109 e. The molecule has 0 unspecified atom stereocenters. The van der Waals surface area contributed by atoms with Gasteiger partial charge in [0.1, 0.15) is 6.10 Å². The highest BCUT2D eigenvalue weighted by Gasteiger charge is 2.42. The SMILES string of the molecule is C[C@H]1OCC[C@](O)(Cc2ccccc2)[C@H]1O. The number of hydrogen-bond acceptors (Lipinski definition) is 3. The van der Waals surface area contributed by atoms with Gasteiger partial charge in [-0.05, 0) is 12.5 Å². The molecule has 16 heavy (non-hydrogen) atoms. The zero-order valence-electron chi connectivity index (χ0n) is 9.47. The average Bonchev–Trinajstić information content (AvgIpc) is 2.27. The number of rotatable bonds is 2. The molecule has 1 aliphatic heterocycles. The van der Waals surface area contributed by atoms with Gasteiger partial charge in [-0.3, -0.25) is 0 Å². The molecule has 1 fully saturated rings. The van der Waals surface area contributed by atoms with E-state index in [2.05, 4.69) is 0 Å². The van der Waals surface area contributed by atoms with Crippen LogP contribution < -0.4 is 0 Å². The lowest BCUT2D eigenvalue weighted by Crippen LogP contribution is -2.54. The monoisotopic (exact) mass is 222 g/mol. The Morgan fingerprint density at radius 2 is 2.06 bits per heavy atom. The molecular formula is C13H18O3. The van der Waals surface area contributed by atoms with E-state index in [0.29, 0.717) is 19.4 Å². The second-order valence-electron chi connectivity index (χ2n) is 4.54. The Balaban J connectivity index is 2.13. The standard InChI is InChI=1S/C13H18O3/c1-10-12(14)13(15,7-8-16-10)9-11-5-3-2-4-6-11/h2-6,10,12,14-15H,7-9H2,1H3/t10-,12+,13+/m1/s1. The molecule has 88 valence electrons. The third kappa shape index (κ3) is 2.26. The second kappa shape index (κ2) is 4.53. The lowest BCUT2D eigenvalue weighted by atomic mass is 9.82. The first-order chi connectivity index (χ1) is 7.62. The first-order valence-corrected chi connectivity index (χ1v) is 5.68. The van der Waals surface area contributed by atoms with Crippen molar-refractivity contribution in [3.05, 3.63) is 35.9 Å². The van der Waals surface area contributed by atoms with Crippen LogP contribution in [0.5, 0.6) is 0 Å². The van der Waals surface area contributed by atoms with Crippen molar-refractivity contribution in [2.75, 3.05) is 6.61 Å². The van der Waals surface area contributed by atoms with Crippen LogP contribution in [-0.2, 0) is 11.2 Å². The molecule has 1 heterocycles. The number of aliphatic hydroxyl groups excluding tert-OH is 1. The molecule has 0 spiro atoms. The van der Waals surface area contributed by atoms with E-state index in [4.69, 9.17) is 4.74 Å². The minimum atomic E-state index is -1.06. The zero-order chi connectivity index (χ0) is 11.6. The molecule has 1 aromatic carbocycles. The van der Waals surface area contributed by atoms with E-state index < -0.39 is 11.7 Å². The lowest BCUT2D eigenvalue weighted by molar-refractivity contribution is -0.183. The molecule has 1 aromatic rings. The van der Waals surface area contributed by atoms with Crippen LogP contribution in [0.3, 0.4) is 0 Å². The Kier molecular flexibility index (Phi) is 3.28. The summed E-state index contributed by atoms with van der Waals surface area (Å²) in [7, 11) is 0. The van der Waals surface area contributed by atoms with Gasteiger partial charge < -0.3 is 14.9 Å². The fraction of sp³-hybridized carbons (Fsp3) is 0.538. The van der Waals surface area contributed by atoms with Crippen molar-refractivity contribution in [3.63, 3.8) is 0 Å². The minimum Gasteiger partial charge on any atom is -0.387 e. The minimum absolute atomic E-state index is 0.303. The van der Waals surface area contributed by atoms with Crippen molar-refractivity contribution < 1.29 is 14.9 Å². The van der Waals surface area contributed by atoms with Crippen molar-refractivity contribution in [2.45, 2.75) is 37.6 Å². The Labute approximate surface area is 95.7 Å². The summed E-state index contributed by atoms with van der Waals surface area (Å²) in [5.74, 6) is 0. The van der Waals surface area contributed by atoms with Gasteiger partial charge in [0, 0.05) is 19.4 Å². The van der Waals surface area contributed by atoms with Gasteiger partial charge in [0.2, 0.25) is 0 Å². The third-order valence-corrected chi connectivity index (χ3v) is 3.26. The van der Waals surface area contributed by atoms with Crippen LogP contribution in [0.15, 0.2) is 30.3 Å². The van der Waals surface area contributed by atoms with E-state index in [1.165, 1.54) is 0 Å². The van der Waals surface area contributed by atoms with Crippen molar-refractivity contribution in [1.29, 1.82) is 0 Å². The maximum atomic E-state index is 10.4. The molecule has 3 nitrogen and oxygen atoms in total. The molecule has 0 radical (unpaired) electrons. The van der Waals surface area contributed by atoms with Crippen LogP contribution in [0.2, 0.25) is 0 Å². The van der Waals surface area contributed by atoms with Gasteiger partial charge >= 0.3 is 0 Å². The summed E-state index contributed by atoms with van der Waals surface area (Å²) in [6.45, 7) is 2.29. The number of benzene rings is 1. The van der Waals surface area contributed by atoms with Gasteiger partial charge in [-0.15, -0.1) is 0 Å². The molecule has 2 rings (SSSR count). The number of ether oxygens (including phenoxy) is 1. The molecule has 0 aromatic heterocycles. The second-order valence-corrected chi connectivity index (χ2v) is 4.54. The predicted octanol–water partition coefficient (Wildman–Crippen LogP) is 1.13. The average molecular weight is 222 g/mol. The normalized spacial score (nSPS) is 34.9. The molecule has 0 aliphatic carbocycles. The fourth-order valence-electron chi connectivity index (χ4n) is 2.24. The van der Waals surface area contributed by atoms with Gasteiger partial charge in [0.25, 0.3) is 0 Å². The largest absolute Gasteiger partial charge is 0.387 e. The van der Waals surface area contributed by atoms with Gasteiger partial charge in [-0.1, -0.05) is 30.3 Å². The third-order valence-electron chi connectivity index (χ3n) is 3.26. The Hall–Kier alpha value is -0.900. The van der Waals surface area contributed by atoms with Crippen LogP contribution >= 0.6 is 0 Å². The van der Waals surface area contributed by atoms with Gasteiger partial charge in [-0.25, -0.2) is 0 Å². The maximum Gasteiger partial charge on any atom is 0.109 e. The van der Waals surface area contributed by atoms with Gasteiger partial charge in [0.05, 0.1) is 11.7 Å². The van der Waals surface area contributed by atoms with E-state index >= 15 is 0 Å². The highest BCUT2D eigenvalue weighted by molar-refractivity contribution is 5.18. The number of aliphatic hydroxyl groups is 2. The first kappa shape index (κ1) is 11.6. The molecule has 2 N–H and O–H groups in total. The van der Waals surface area contributed by atoms with E-state index in [0.717, 1.165) is 5.56 Å². The van der Waals surface area contributed by atoms with Crippen LogP contribution in [0, 0.1) is 0 Å². The molecule has 3 atom stereocenters. The highest BCUT2D eigenvalue weighted by atomic mass is 16.5. The summed E-state index contributed by atoms with van der Waals surface area (Å²) in [6.07, 6.45) is -0.167. The van der Waals surface area contributed by atoms with Crippen molar-refractivity contribution in [3.8, 4) is 0 Å². The summed E-state index contributed by atoms with van der Waals surface area (Å²) >= 11 is 0. The lowest BCUT2D eigenvalue weighted by Gasteiger charge is -2.40. The zero-order valence-corrected chi connectivity index (χ0v) is 9.47. The van der Waals surface area contributed by atoms with Crippen LogP contribution in [-0.4, -0.2) is 34.6 Å². The van der Waals surface area contributed by atoms with Crippen LogP contribution in [0.4, 0.5) is 0 Å². The van der Waals surface area contributed by atoms with Crippen molar-refractivity contribution >= 4 is 0 Å². The number of hydrogen-bond donors (Lipinski definition) is 2. The Morgan fingerprint density at radius 1 is 1.38 bits per heavy atom. The molecule has 1 aliphatic rings. The van der Waals surface area contributed by atoms with E-state index in [1.807, 2.05) is 30.3 Å². The Bertz CT molecular complexity index is 338. The fourth-order valence-corrected chi connectivity index (χ4v) is 2.24. The molecule has 0 saturated carbocycles. The van der Waals surface area contributed by atoms with Crippen molar-refractivity contribution in [1.82, 2.24) is 0 Å². The topological polar surface area (TPSA) is 49.7 Å².